The van der Waals surface area contributed by atoms with E-state index in [2.05, 4.69) is 10.3 Å². The smallest absolute Gasteiger partial charge is 0.378 e. The Labute approximate surface area is 185 Å². The lowest BCUT2D eigenvalue weighted by Crippen LogP contribution is -2.31. The van der Waals surface area contributed by atoms with Gasteiger partial charge in [-0.3, -0.25) is 4.98 Å². The fourth-order valence-corrected chi connectivity index (χ4v) is 5.49. The van der Waals surface area contributed by atoms with Crippen LogP contribution in [0, 0.1) is 0 Å². The first-order chi connectivity index (χ1) is 15.0. The van der Waals surface area contributed by atoms with Gasteiger partial charge in [0.2, 0.25) is 0 Å². The summed E-state index contributed by atoms with van der Waals surface area (Å²) in [5, 5.41) is 3.34. The lowest BCUT2D eigenvalue weighted by atomic mass is 9.73. The summed E-state index contributed by atoms with van der Waals surface area (Å²) in [7, 11) is -3.54. The first-order valence-electron chi connectivity index (χ1n) is 10.2. The van der Waals surface area contributed by atoms with Crippen molar-refractivity contribution in [2.24, 2.45) is 0 Å². The van der Waals surface area contributed by atoms with Crippen LogP contribution in [0.4, 0.5) is 18.9 Å². The van der Waals surface area contributed by atoms with E-state index in [-0.39, 0.29) is 16.7 Å². The molecule has 1 aromatic heterocycles. The second kappa shape index (κ2) is 7.92. The molecule has 0 saturated carbocycles. The van der Waals surface area contributed by atoms with Crippen LogP contribution in [0.3, 0.4) is 0 Å². The van der Waals surface area contributed by atoms with Gasteiger partial charge in [0.05, 0.1) is 22.3 Å². The lowest BCUT2D eigenvalue weighted by molar-refractivity contribution is -0.137. The number of hydrogen-bond donors (Lipinski definition) is 1. The van der Waals surface area contributed by atoms with Crippen LogP contribution in [0.2, 0.25) is 0 Å². The minimum Gasteiger partial charge on any atom is -0.378 e. The Morgan fingerprint density at radius 2 is 1.88 bits per heavy atom. The van der Waals surface area contributed by atoms with Crippen LogP contribution < -0.4 is 5.32 Å². The first kappa shape index (κ1) is 22.3. The monoisotopic (exact) mass is 460 g/mol. The van der Waals surface area contributed by atoms with Crippen LogP contribution in [0.1, 0.15) is 48.6 Å². The van der Waals surface area contributed by atoms with Gasteiger partial charge < -0.3 is 5.32 Å². The standard InChI is InChI=1S/C24H23F3N2O2S/c1-23(2)13-22(29-21-9-8-18(12-20(21)23)24(25,26)27)17-6-3-5-16(11-17)15-32(30,31)19-7-4-10-28-14-19/h3-12,14,22,29H,13,15H2,1-2H3. The number of nitrogens with zero attached hydrogens (tertiary/aromatic N) is 1. The maximum atomic E-state index is 13.2. The van der Waals surface area contributed by atoms with Gasteiger partial charge in [0.1, 0.15) is 0 Å². The highest BCUT2D eigenvalue weighted by Gasteiger charge is 2.37. The molecule has 0 bridgehead atoms. The van der Waals surface area contributed by atoms with Gasteiger partial charge in [0, 0.05) is 18.1 Å². The Kier molecular flexibility index (Phi) is 5.53. The Morgan fingerprint density at radius 1 is 1.09 bits per heavy atom. The molecular weight excluding hydrogens is 437 g/mol. The Bertz CT molecular complexity index is 1240. The predicted molar refractivity (Wildman–Crippen MR) is 117 cm³/mol. The van der Waals surface area contributed by atoms with Crippen molar-refractivity contribution in [3.8, 4) is 0 Å². The molecule has 1 N–H and O–H groups in total. The highest BCUT2D eigenvalue weighted by Crippen LogP contribution is 2.46. The molecule has 1 aliphatic heterocycles. The summed E-state index contributed by atoms with van der Waals surface area (Å²) < 4.78 is 65.0. The van der Waals surface area contributed by atoms with Crippen molar-refractivity contribution >= 4 is 15.5 Å². The molecule has 0 radical (unpaired) electrons. The third kappa shape index (κ3) is 4.50. The van der Waals surface area contributed by atoms with Crippen LogP contribution >= 0.6 is 0 Å². The Morgan fingerprint density at radius 3 is 2.56 bits per heavy atom. The zero-order valence-electron chi connectivity index (χ0n) is 17.6. The number of fused-ring (bicyclic) bond motifs is 1. The maximum absolute atomic E-state index is 13.2. The van der Waals surface area contributed by atoms with Gasteiger partial charge in [-0.05, 0) is 58.9 Å². The highest BCUT2D eigenvalue weighted by molar-refractivity contribution is 7.90. The quantitative estimate of drug-likeness (QED) is 0.526. The van der Waals surface area contributed by atoms with E-state index in [0.717, 1.165) is 11.6 Å². The van der Waals surface area contributed by atoms with Gasteiger partial charge in [-0.15, -0.1) is 0 Å². The molecule has 32 heavy (non-hydrogen) atoms. The van der Waals surface area contributed by atoms with Crippen molar-refractivity contribution in [3.05, 3.63) is 89.2 Å². The van der Waals surface area contributed by atoms with Crippen molar-refractivity contribution in [2.75, 3.05) is 5.32 Å². The Balaban J connectivity index is 1.62. The number of sulfone groups is 1. The predicted octanol–water partition coefficient (Wildman–Crippen LogP) is 5.91. The average molecular weight is 461 g/mol. The fourth-order valence-electron chi connectivity index (χ4n) is 4.20. The minimum absolute atomic E-state index is 0.157. The van der Waals surface area contributed by atoms with E-state index in [9.17, 15) is 21.6 Å². The summed E-state index contributed by atoms with van der Waals surface area (Å²) in [6.45, 7) is 3.85. The number of pyridine rings is 1. The molecule has 0 spiro atoms. The third-order valence-electron chi connectivity index (χ3n) is 5.82. The fraction of sp³-hybridized carbons (Fsp3) is 0.292. The molecular formula is C24H23F3N2O2S. The molecule has 1 atom stereocenters. The van der Waals surface area contributed by atoms with Crippen molar-refractivity contribution in [1.82, 2.24) is 4.98 Å². The topological polar surface area (TPSA) is 59.1 Å². The van der Waals surface area contributed by atoms with E-state index in [1.807, 2.05) is 26.0 Å². The summed E-state index contributed by atoms with van der Waals surface area (Å²) in [6, 6.07) is 14.0. The van der Waals surface area contributed by atoms with Crippen LogP contribution in [-0.2, 0) is 27.2 Å². The molecule has 2 heterocycles. The number of aromatic nitrogens is 1. The van der Waals surface area contributed by atoms with Gasteiger partial charge >= 0.3 is 6.18 Å². The summed E-state index contributed by atoms with van der Waals surface area (Å²) in [6.07, 6.45) is -0.974. The van der Waals surface area contributed by atoms with Gasteiger partial charge in [0.15, 0.2) is 9.84 Å². The van der Waals surface area contributed by atoms with Gasteiger partial charge in [0.25, 0.3) is 0 Å². The second-order valence-electron chi connectivity index (χ2n) is 8.74. The molecule has 168 valence electrons. The van der Waals surface area contributed by atoms with Crippen LogP contribution in [-0.4, -0.2) is 13.4 Å². The van der Waals surface area contributed by atoms with E-state index in [1.165, 1.54) is 30.6 Å². The SMILES string of the molecule is CC1(C)CC(c2cccc(CS(=O)(=O)c3cccnc3)c2)Nc2ccc(C(F)(F)F)cc21. The van der Waals surface area contributed by atoms with E-state index in [1.54, 1.807) is 18.2 Å². The number of alkyl halides is 3. The van der Waals surface area contributed by atoms with Gasteiger partial charge in [-0.25, -0.2) is 8.42 Å². The van der Waals surface area contributed by atoms with Crippen molar-refractivity contribution in [2.45, 2.75) is 48.5 Å². The molecule has 0 aliphatic carbocycles. The molecule has 0 saturated heterocycles. The van der Waals surface area contributed by atoms with Crippen LogP contribution in [0.5, 0.6) is 0 Å². The van der Waals surface area contributed by atoms with Crippen molar-refractivity contribution in [1.29, 1.82) is 0 Å². The molecule has 4 nitrogen and oxygen atoms in total. The number of benzene rings is 2. The van der Waals surface area contributed by atoms with Gasteiger partial charge in [-0.1, -0.05) is 38.1 Å². The second-order valence-corrected chi connectivity index (χ2v) is 10.7. The molecule has 4 rings (SSSR count). The number of hydrogen-bond acceptors (Lipinski definition) is 4. The number of rotatable bonds is 4. The molecule has 0 amide bonds. The van der Waals surface area contributed by atoms with Crippen LogP contribution in [0.25, 0.3) is 0 Å². The summed E-state index contributed by atoms with van der Waals surface area (Å²) in [5.74, 6) is -0.159. The molecule has 0 fully saturated rings. The average Bonchev–Trinajstić information content (AvgIpc) is 2.73. The third-order valence-corrected chi connectivity index (χ3v) is 7.50. The molecule has 3 aromatic rings. The molecule has 1 aliphatic rings. The Hall–Kier alpha value is -2.87. The van der Waals surface area contributed by atoms with Crippen molar-refractivity contribution in [3.63, 3.8) is 0 Å². The van der Waals surface area contributed by atoms with Gasteiger partial charge in [-0.2, -0.15) is 13.2 Å². The van der Waals surface area contributed by atoms with E-state index in [4.69, 9.17) is 0 Å². The zero-order valence-corrected chi connectivity index (χ0v) is 18.5. The zero-order chi connectivity index (χ0) is 23.1. The summed E-state index contributed by atoms with van der Waals surface area (Å²) >= 11 is 0. The maximum Gasteiger partial charge on any atom is 0.416 e. The molecule has 1 unspecified atom stereocenters. The number of halogens is 3. The number of nitrogens with one attached hydrogen (secondary N) is 1. The van der Waals surface area contributed by atoms with Crippen molar-refractivity contribution < 1.29 is 21.6 Å². The molecule has 2 aromatic carbocycles. The first-order valence-corrected chi connectivity index (χ1v) is 11.8. The summed E-state index contributed by atoms with van der Waals surface area (Å²) in [4.78, 5) is 4.05. The van der Waals surface area contributed by atoms with E-state index >= 15 is 0 Å². The van der Waals surface area contributed by atoms with E-state index in [0.29, 0.717) is 23.2 Å². The molecule has 8 heteroatoms. The number of anilines is 1. The normalized spacial score (nSPS) is 18.0. The summed E-state index contributed by atoms with van der Waals surface area (Å²) in [5.41, 5.74) is 1.66. The van der Waals surface area contributed by atoms with E-state index < -0.39 is 27.0 Å². The minimum atomic E-state index is -4.39. The highest BCUT2D eigenvalue weighted by atomic mass is 32.2. The largest absolute Gasteiger partial charge is 0.416 e. The lowest BCUT2D eigenvalue weighted by Gasteiger charge is -2.39. The van der Waals surface area contributed by atoms with Crippen LogP contribution in [0.15, 0.2) is 71.9 Å².